The summed E-state index contributed by atoms with van der Waals surface area (Å²) in [5.41, 5.74) is 0. The molecular weight excluding hydrogens is 236 g/mol. The second kappa shape index (κ2) is 6.15. The lowest BCUT2D eigenvalue weighted by Crippen LogP contribution is -2.45. The number of carboxylic acids is 1. The number of carbonyl (C=O) groups excluding carboxylic acids is 1. The van der Waals surface area contributed by atoms with E-state index in [9.17, 15) is 9.59 Å². The first-order chi connectivity index (χ1) is 8.66. The summed E-state index contributed by atoms with van der Waals surface area (Å²) in [5.74, 6) is -0.985. The summed E-state index contributed by atoms with van der Waals surface area (Å²) < 4.78 is 5.29. The Hall–Kier alpha value is -1.14. The molecule has 6 heteroatoms. The molecule has 0 radical (unpaired) electrons. The Labute approximate surface area is 106 Å². The van der Waals surface area contributed by atoms with Crippen LogP contribution in [0, 0.1) is 5.92 Å². The number of carboxylic acid groups (broad SMARTS) is 1. The van der Waals surface area contributed by atoms with Crippen molar-refractivity contribution in [1.29, 1.82) is 0 Å². The molecule has 0 saturated carbocycles. The van der Waals surface area contributed by atoms with E-state index in [-0.39, 0.29) is 17.9 Å². The molecule has 0 bridgehead atoms. The number of ether oxygens (including phenoxy) is 1. The fraction of sp³-hybridized carbons (Fsp3) is 0.833. The summed E-state index contributed by atoms with van der Waals surface area (Å²) in [7, 11) is 0. The molecule has 1 unspecified atom stereocenters. The van der Waals surface area contributed by atoms with Crippen LogP contribution in [0.5, 0.6) is 0 Å². The molecule has 0 aromatic carbocycles. The highest BCUT2D eigenvalue weighted by molar-refractivity contribution is 5.80. The van der Waals surface area contributed by atoms with Crippen LogP contribution in [0.15, 0.2) is 0 Å². The molecule has 2 heterocycles. The van der Waals surface area contributed by atoms with Crippen LogP contribution in [0.4, 0.5) is 0 Å². The number of carbonyl (C=O) groups is 2. The maximum atomic E-state index is 11.7. The zero-order valence-corrected chi connectivity index (χ0v) is 10.4. The van der Waals surface area contributed by atoms with Crippen molar-refractivity contribution in [2.45, 2.75) is 31.8 Å². The molecule has 0 aliphatic carbocycles. The van der Waals surface area contributed by atoms with Gasteiger partial charge in [-0.3, -0.25) is 14.5 Å². The third-order valence-electron chi connectivity index (χ3n) is 3.64. The molecule has 102 valence electrons. The third kappa shape index (κ3) is 3.43. The molecule has 0 aromatic heterocycles. The number of likely N-dealkylation sites (tertiary alicyclic amines) is 1. The summed E-state index contributed by atoms with van der Waals surface area (Å²) in [6.07, 6.45) is 2.77. The van der Waals surface area contributed by atoms with E-state index in [4.69, 9.17) is 9.84 Å². The van der Waals surface area contributed by atoms with Crippen molar-refractivity contribution >= 4 is 11.9 Å². The van der Waals surface area contributed by atoms with Crippen molar-refractivity contribution in [1.82, 2.24) is 10.2 Å². The van der Waals surface area contributed by atoms with Gasteiger partial charge in [0.15, 0.2) is 0 Å². The minimum atomic E-state index is -0.710. The summed E-state index contributed by atoms with van der Waals surface area (Å²) >= 11 is 0. The quantitative estimate of drug-likeness (QED) is 0.742. The monoisotopic (exact) mass is 256 g/mol. The minimum Gasteiger partial charge on any atom is -0.481 e. The molecule has 0 spiro atoms. The van der Waals surface area contributed by atoms with Crippen LogP contribution in [-0.2, 0) is 14.3 Å². The maximum absolute atomic E-state index is 11.7. The Morgan fingerprint density at radius 2 is 2.00 bits per heavy atom. The van der Waals surface area contributed by atoms with Gasteiger partial charge in [0.05, 0.1) is 12.6 Å². The Morgan fingerprint density at radius 3 is 2.56 bits per heavy atom. The lowest BCUT2D eigenvalue weighted by atomic mass is 9.97. The van der Waals surface area contributed by atoms with E-state index >= 15 is 0 Å². The van der Waals surface area contributed by atoms with Gasteiger partial charge in [-0.2, -0.15) is 0 Å². The Balaban J connectivity index is 1.65. The van der Waals surface area contributed by atoms with E-state index < -0.39 is 5.97 Å². The van der Waals surface area contributed by atoms with E-state index in [1.54, 1.807) is 0 Å². The highest BCUT2D eigenvalue weighted by atomic mass is 16.5. The molecule has 6 nitrogen and oxygen atoms in total. The zero-order valence-electron chi connectivity index (χ0n) is 10.4. The van der Waals surface area contributed by atoms with Gasteiger partial charge in [0.2, 0.25) is 5.91 Å². The number of amides is 1. The van der Waals surface area contributed by atoms with E-state index in [1.807, 2.05) is 0 Å². The fourth-order valence-corrected chi connectivity index (χ4v) is 2.43. The molecule has 0 aromatic rings. The average molecular weight is 256 g/mol. The lowest BCUT2D eigenvalue weighted by molar-refractivity contribution is -0.143. The van der Waals surface area contributed by atoms with E-state index in [0.717, 1.165) is 25.9 Å². The molecule has 2 N–H and O–H groups in total. The number of rotatable bonds is 4. The molecule has 2 fully saturated rings. The smallest absolute Gasteiger partial charge is 0.306 e. The van der Waals surface area contributed by atoms with Crippen LogP contribution in [0.25, 0.3) is 0 Å². The summed E-state index contributed by atoms with van der Waals surface area (Å²) in [6, 6.07) is 0. The fourth-order valence-electron chi connectivity index (χ4n) is 2.43. The predicted molar refractivity (Wildman–Crippen MR) is 63.9 cm³/mol. The molecule has 2 aliphatic rings. The molecule has 2 rings (SSSR count). The molecule has 2 saturated heterocycles. The Kier molecular flexibility index (Phi) is 4.54. The van der Waals surface area contributed by atoms with Crippen molar-refractivity contribution in [3.05, 3.63) is 0 Å². The van der Waals surface area contributed by atoms with Crippen molar-refractivity contribution in [3.63, 3.8) is 0 Å². The molecule has 18 heavy (non-hydrogen) atoms. The average Bonchev–Trinajstić information content (AvgIpc) is 2.90. The van der Waals surface area contributed by atoms with Crippen LogP contribution in [0.3, 0.4) is 0 Å². The number of hydrogen-bond donors (Lipinski definition) is 2. The van der Waals surface area contributed by atoms with Crippen molar-refractivity contribution in [2.24, 2.45) is 5.92 Å². The number of nitrogens with zero attached hydrogens (tertiary/aromatic N) is 1. The second-order valence-corrected chi connectivity index (χ2v) is 4.93. The van der Waals surface area contributed by atoms with E-state index in [0.29, 0.717) is 26.1 Å². The first kappa shape index (κ1) is 13.3. The SMILES string of the molecule is O=C(O)C1CCN(CNC(=O)C2CCCO2)CC1. The van der Waals surface area contributed by atoms with Gasteiger partial charge in [-0.1, -0.05) is 0 Å². The highest BCUT2D eigenvalue weighted by Crippen LogP contribution is 2.16. The topological polar surface area (TPSA) is 78.9 Å². The van der Waals surface area contributed by atoms with Gasteiger partial charge in [-0.25, -0.2) is 0 Å². The largest absolute Gasteiger partial charge is 0.481 e. The van der Waals surface area contributed by atoms with Gasteiger partial charge in [-0.05, 0) is 25.7 Å². The maximum Gasteiger partial charge on any atom is 0.306 e. The van der Waals surface area contributed by atoms with Crippen molar-refractivity contribution < 1.29 is 19.4 Å². The number of piperidine rings is 1. The van der Waals surface area contributed by atoms with Crippen LogP contribution in [0.1, 0.15) is 25.7 Å². The lowest BCUT2D eigenvalue weighted by Gasteiger charge is -2.30. The van der Waals surface area contributed by atoms with Gasteiger partial charge in [0.1, 0.15) is 6.10 Å². The first-order valence-corrected chi connectivity index (χ1v) is 6.51. The van der Waals surface area contributed by atoms with E-state index in [1.165, 1.54) is 0 Å². The summed E-state index contributed by atoms with van der Waals surface area (Å²) in [6.45, 7) is 2.61. The van der Waals surface area contributed by atoms with Gasteiger partial charge >= 0.3 is 5.97 Å². The first-order valence-electron chi connectivity index (χ1n) is 6.51. The summed E-state index contributed by atoms with van der Waals surface area (Å²) in [4.78, 5) is 24.6. The third-order valence-corrected chi connectivity index (χ3v) is 3.64. The second-order valence-electron chi connectivity index (χ2n) is 4.93. The number of aliphatic carboxylic acids is 1. The summed E-state index contributed by atoms with van der Waals surface area (Å²) in [5, 5.41) is 11.7. The standard InChI is InChI=1S/C12H20N2O4/c15-11(10-2-1-7-18-10)13-8-14-5-3-9(4-6-14)12(16)17/h9-10H,1-8H2,(H,13,15)(H,16,17). The number of nitrogens with one attached hydrogen (secondary N) is 1. The van der Waals surface area contributed by atoms with Crippen LogP contribution >= 0.6 is 0 Å². The van der Waals surface area contributed by atoms with Crippen LogP contribution in [0.2, 0.25) is 0 Å². The molecular formula is C12H20N2O4. The van der Waals surface area contributed by atoms with Gasteiger partial charge in [0, 0.05) is 19.7 Å². The molecule has 1 atom stereocenters. The highest BCUT2D eigenvalue weighted by Gasteiger charge is 2.26. The molecule has 2 aliphatic heterocycles. The van der Waals surface area contributed by atoms with Gasteiger partial charge in [-0.15, -0.1) is 0 Å². The predicted octanol–water partition coefficient (Wildman–Crippen LogP) is 0.0357. The van der Waals surface area contributed by atoms with Crippen molar-refractivity contribution in [3.8, 4) is 0 Å². The van der Waals surface area contributed by atoms with Crippen LogP contribution in [-0.4, -0.2) is 54.4 Å². The Morgan fingerprint density at radius 1 is 1.28 bits per heavy atom. The van der Waals surface area contributed by atoms with E-state index in [2.05, 4.69) is 10.2 Å². The molecule has 1 amide bonds. The normalized spacial score (nSPS) is 26.1. The minimum absolute atomic E-state index is 0.0483. The van der Waals surface area contributed by atoms with Crippen molar-refractivity contribution in [2.75, 3.05) is 26.4 Å². The zero-order chi connectivity index (χ0) is 13.0. The van der Waals surface area contributed by atoms with Gasteiger partial charge < -0.3 is 15.2 Å². The Bertz CT molecular complexity index is 307. The van der Waals surface area contributed by atoms with Gasteiger partial charge in [0.25, 0.3) is 0 Å². The van der Waals surface area contributed by atoms with Crippen LogP contribution < -0.4 is 5.32 Å². The number of hydrogen-bond acceptors (Lipinski definition) is 4.